The Morgan fingerprint density at radius 3 is 1.63 bits per heavy atom. The van der Waals surface area contributed by atoms with Crippen LogP contribution in [-0.2, 0) is 0 Å². The van der Waals surface area contributed by atoms with Crippen LogP contribution in [0.15, 0.2) is 0 Å². The Labute approximate surface area is 119 Å². The number of rotatable bonds is 5. The number of nitrogens with zero attached hydrogens (tertiary/aromatic N) is 1. The maximum Gasteiger partial charge on any atom is 0.0690 e. The highest BCUT2D eigenvalue weighted by Crippen LogP contribution is 2.30. The van der Waals surface area contributed by atoms with Crippen LogP contribution in [0.3, 0.4) is 0 Å². The number of aliphatic hydroxyl groups excluding tert-OH is 1. The molecule has 0 aromatic rings. The van der Waals surface area contributed by atoms with Gasteiger partial charge in [-0.05, 0) is 31.6 Å². The first-order valence-electron chi connectivity index (χ1n) is 8.62. The summed E-state index contributed by atoms with van der Waals surface area (Å²) in [4.78, 5) is 2.71. The van der Waals surface area contributed by atoms with Crippen LogP contribution in [-0.4, -0.2) is 34.7 Å². The molecule has 0 aliphatic heterocycles. The van der Waals surface area contributed by atoms with Crippen molar-refractivity contribution in [2.24, 2.45) is 5.92 Å². The maximum absolute atomic E-state index is 10.3. The zero-order chi connectivity index (χ0) is 13.7. The van der Waals surface area contributed by atoms with Gasteiger partial charge in [0.1, 0.15) is 0 Å². The molecule has 2 heteroatoms. The third-order valence-electron chi connectivity index (χ3n) is 5.25. The van der Waals surface area contributed by atoms with E-state index in [-0.39, 0.29) is 6.10 Å². The van der Waals surface area contributed by atoms with Crippen molar-refractivity contribution in [3.63, 3.8) is 0 Å². The van der Waals surface area contributed by atoms with Crippen molar-refractivity contribution in [3.05, 3.63) is 0 Å². The van der Waals surface area contributed by atoms with Crippen molar-refractivity contribution >= 4 is 0 Å². The quantitative estimate of drug-likeness (QED) is 0.814. The van der Waals surface area contributed by atoms with Gasteiger partial charge in [0.25, 0.3) is 0 Å². The molecule has 2 nitrogen and oxygen atoms in total. The molecule has 0 heterocycles. The van der Waals surface area contributed by atoms with E-state index in [1.54, 1.807) is 0 Å². The summed E-state index contributed by atoms with van der Waals surface area (Å²) in [5.41, 5.74) is 0. The SMILES string of the molecule is CC(C)C(O)CN(C1CCCCC1)C1CCCCC1. The van der Waals surface area contributed by atoms with Gasteiger partial charge in [-0.15, -0.1) is 0 Å². The van der Waals surface area contributed by atoms with Gasteiger partial charge in [0.05, 0.1) is 6.10 Å². The lowest BCUT2D eigenvalue weighted by atomic mass is 9.88. The zero-order valence-electron chi connectivity index (χ0n) is 13.0. The average molecular weight is 267 g/mol. The number of aliphatic hydroxyl groups is 1. The van der Waals surface area contributed by atoms with Crippen molar-refractivity contribution in [3.8, 4) is 0 Å². The fraction of sp³-hybridized carbons (Fsp3) is 1.00. The van der Waals surface area contributed by atoms with Crippen LogP contribution in [0, 0.1) is 5.92 Å². The summed E-state index contributed by atoms with van der Waals surface area (Å²) in [7, 11) is 0. The zero-order valence-corrected chi connectivity index (χ0v) is 13.0. The summed E-state index contributed by atoms with van der Waals surface area (Å²) in [6.07, 6.45) is 13.7. The molecule has 2 fully saturated rings. The largest absolute Gasteiger partial charge is 0.392 e. The molecule has 0 aromatic heterocycles. The number of hydrogen-bond acceptors (Lipinski definition) is 2. The van der Waals surface area contributed by atoms with Crippen molar-refractivity contribution in [2.45, 2.75) is 96.2 Å². The van der Waals surface area contributed by atoms with Crippen molar-refractivity contribution in [2.75, 3.05) is 6.54 Å². The minimum Gasteiger partial charge on any atom is -0.392 e. The van der Waals surface area contributed by atoms with Crippen LogP contribution in [0.1, 0.15) is 78.1 Å². The molecule has 0 radical (unpaired) electrons. The lowest BCUT2D eigenvalue weighted by Gasteiger charge is -2.43. The van der Waals surface area contributed by atoms with E-state index < -0.39 is 0 Å². The average Bonchev–Trinajstić information content (AvgIpc) is 2.46. The molecule has 2 aliphatic rings. The Hall–Kier alpha value is -0.0800. The van der Waals surface area contributed by atoms with Gasteiger partial charge in [-0.1, -0.05) is 52.4 Å². The van der Waals surface area contributed by atoms with Gasteiger partial charge in [-0.25, -0.2) is 0 Å². The third-order valence-corrected chi connectivity index (χ3v) is 5.25. The summed E-state index contributed by atoms with van der Waals surface area (Å²) in [5.74, 6) is 0.384. The van der Waals surface area contributed by atoms with E-state index in [1.165, 1.54) is 64.2 Å². The molecular formula is C17H33NO. The summed E-state index contributed by atoms with van der Waals surface area (Å²) >= 11 is 0. The van der Waals surface area contributed by atoms with E-state index in [0.29, 0.717) is 5.92 Å². The molecule has 0 amide bonds. The van der Waals surface area contributed by atoms with Crippen LogP contribution in [0.4, 0.5) is 0 Å². The fourth-order valence-corrected chi connectivity index (χ4v) is 3.85. The monoisotopic (exact) mass is 267 g/mol. The molecule has 1 atom stereocenters. The molecule has 0 aromatic carbocycles. The van der Waals surface area contributed by atoms with Crippen LogP contribution in [0.25, 0.3) is 0 Å². The highest BCUT2D eigenvalue weighted by molar-refractivity contribution is 4.85. The van der Waals surface area contributed by atoms with E-state index in [0.717, 1.165) is 18.6 Å². The molecule has 0 saturated heterocycles. The third kappa shape index (κ3) is 4.46. The van der Waals surface area contributed by atoms with Gasteiger partial charge in [0.15, 0.2) is 0 Å². The van der Waals surface area contributed by atoms with Crippen molar-refractivity contribution in [1.29, 1.82) is 0 Å². The van der Waals surface area contributed by atoms with Gasteiger partial charge in [-0.3, -0.25) is 4.90 Å². The molecular weight excluding hydrogens is 234 g/mol. The molecule has 1 N–H and O–H groups in total. The highest BCUT2D eigenvalue weighted by atomic mass is 16.3. The van der Waals surface area contributed by atoms with E-state index in [2.05, 4.69) is 18.7 Å². The molecule has 112 valence electrons. The van der Waals surface area contributed by atoms with Gasteiger partial charge >= 0.3 is 0 Å². The lowest BCUT2D eigenvalue weighted by Crippen LogP contribution is -2.49. The molecule has 0 bridgehead atoms. The maximum atomic E-state index is 10.3. The van der Waals surface area contributed by atoms with E-state index in [9.17, 15) is 5.11 Å². The standard InChI is InChI=1S/C17H33NO/c1-14(2)17(19)13-18(15-9-5-3-6-10-15)16-11-7-4-8-12-16/h14-17,19H,3-13H2,1-2H3. The Morgan fingerprint density at radius 1 is 0.842 bits per heavy atom. The summed E-state index contributed by atoms with van der Waals surface area (Å²) < 4.78 is 0. The fourth-order valence-electron chi connectivity index (χ4n) is 3.85. The topological polar surface area (TPSA) is 23.5 Å². The molecule has 19 heavy (non-hydrogen) atoms. The summed E-state index contributed by atoms with van der Waals surface area (Å²) in [6.45, 7) is 5.20. The molecule has 2 rings (SSSR count). The minimum atomic E-state index is -0.149. The number of hydrogen-bond donors (Lipinski definition) is 1. The Morgan fingerprint density at radius 2 is 1.26 bits per heavy atom. The minimum absolute atomic E-state index is 0.149. The van der Waals surface area contributed by atoms with Crippen LogP contribution < -0.4 is 0 Å². The molecule has 1 unspecified atom stereocenters. The van der Waals surface area contributed by atoms with Crippen LogP contribution in [0.5, 0.6) is 0 Å². The Bertz CT molecular complexity index is 224. The smallest absolute Gasteiger partial charge is 0.0690 e. The molecule has 2 aliphatic carbocycles. The Balaban J connectivity index is 1.98. The van der Waals surface area contributed by atoms with Gasteiger partial charge in [-0.2, -0.15) is 0 Å². The van der Waals surface area contributed by atoms with Crippen LogP contribution >= 0.6 is 0 Å². The molecule has 2 saturated carbocycles. The Kier molecular flexibility index (Phi) is 6.15. The van der Waals surface area contributed by atoms with Gasteiger partial charge in [0, 0.05) is 18.6 Å². The van der Waals surface area contributed by atoms with Crippen molar-refractivity contribution < 1.29 is 5.11 Å². The van der Waals surface area contributed by atoms with Gasteiger partial charge < -0.3 is 5.11 Å². The van der Waals surface area contributed by atoms with E-state index in [4.69, 9.17) is 0 Å². The van der Waals surface area contributed by atoms with Crippen molar-refractivity contribution in [1.82, 2.24) is 4.90 Å². The van der Waals surface area contributed by atoms with Gasteiger partial charge in [0.2, 0.25) is 0 Å². The normalized spacial score (nSPS) is 25.1. The lowest BCUT2D eigenvalue weighted by molar-refractivity contribution is 0.0125. The second-order valence-corrected chi connectivity index (χ2v) is 7.09. The van der Waals surface area contributed by atoms with Crippen LogP contribution in [0.2, 0.25) is 0 Å². The predicted octanol–water partition coefficient (Wildman–Crippen LogP) is 3.97. The summed E-state index contributed by atoms with van der Waals surface area (Å²) in [6, 6.07) is 1.51. The first kappa shape index (κ1) is 15.3. The second-order valence-electron chi connectivity index (χ2n) is 7.09. The molecule has 0 spiro atoms. The second kappa shape index (κ2) is 7.64. The predicted molar refractivity (Wildman–Crippen MR) is 81.3 cm³/mol. The first-order valence-corrected chi connectivity index (χ1v) is 8.62. The summed E-state index contributed by atoms with van der Waals surface area (Å²) in [5, 5.41) is 10.3. The van der Waals surface area contributed by atoms with E-state index >= 15 is 0 Å². The highest BCUT2D eigenvalue weighted by Gasteiger charge is 2.30. The van der Waals surface area contributed by atoms with E-state index in [1.807, 2.05) is 0 Å². The first-order chi connectivity index (χ1) is 9.18.